The van der Waals surface area contributed by atoms with E-state index in [2.05, 4.69) is 49.2 Å². The van der Waals surface area contributed by atoms with Crippen molar-refractivity contribution in [2.45, 2.75) is 101 Å². The molecule has 2 aliphatic heterocycles. The number of hydrogen-bond donors (Lipinski definition) is 4. The van der Waals surface area contributed by atoms with E-state index in [0.29, 0.717) is 25.9 Å². The van der Waals surface area contributed by atoms with Gasteiger partial charge in [-0.25, -0.2) is 20.6 Å². The highest BCUT2D eigenvalue weighted by atomic mass is 16.6. The molecule has 0 unspecified atom stereocenters. The number of rotatable bonds is 1. The molecule has 0 saturated carbocycles. The standard InChI is InChI=1S/C11H13N3.C10H17NO3.C6H9N3.C6H7N.3C2H6.CH6N2/c1-14-10-4-6-12-7-9(10)8-3-2-5-13-11(8)14;1-10(2,3)14-9(13)11-6-4-8(12)5-7-11;1-9(7)6-4-2-3-5-8-6;1-6-4-2-3-5-7-6;3*1-2;1-3-2/h2-3,5,12H,4,6-7H2,1H3;4-7H2,1-3H3;2-5H,7H2,1H3;2-5H,1H3;3*1-2H3;3H,2H2,1H3. The number of hydrazine groups is 2. The second-order valence-corrected chi connectivity index (χ2v) is 11.9. The van der Waals surface area contributed by atoms with Crippen molar-refractivity contribution in [1.29, 1.82) is 0 Å². The molecule has 13 heteroatoms. The molecule has 6 N–H and O–H groups in total. The van der Waals surface area contributed by atoms with Gasteiger partial charge in [-0.15, -0.1) is 0 Å². The lowest BCUT2D eigenvalue weighted by Gasteiger charge is -2.29. The van der Waals surface area contributed by atoms with Gasteiger partial charge < -0.3 is 19.5 Å². The lowest BCUT2D eigenvalue weighted by molar-refractivity contribution is -0.121. The van der Waals surface area contributed by atoms with E-state index in [0.717, 1.165) is 36.7 Å². The third-order valence-corrected chi connectivity index (χ3v) is 6.82. The first-order valence-corrected chi connectivity index (χ1v) is 18.6. The van der Waals surface area contributed by atoms with Crippen LogP contribution in [0.15, 0.2) is 67.1 Å². The van der Waals surface area contributed by atoms with Gasteiger partial charge in [0.25, 0.3) is 0 Å². The maximum Gasteiger partial charge on any atom is 0.410 e. The minimum Gasteiger partial charge on any atom is -0.444 e. The summed E-state index contributed by atoms with van der Waals surface area (Å²) < 4.78 is 7.42. The SMILES string of the molecule is CC.CC.CC.CC(C)(C)OC(=O)N1CCC(=O)CC1.CN(N)c1ccccn1.CNN.Cc1ccccn1.Cn1c2c(c3cccnc31)CNCC2. The Labute approximate surface area is 319 Å². The van der Waals surface area contributed by atoms with E-state index in [9.17, 15) is 9.59 Å². The number of carbonyl (C=O) groups is 2. The molecule has 0 aliphatic carbocycles. The van der Waals surface area contributed by atoms with Crippen molar-refractivity contribution in [3.8, 4) is 0 Å². The van der Waals surface area contributed by atoms with Gasteiger partial charge in [0.2, 0.25) is 0 Å². The molecule has 0 aromatic carbocycles. The summed E-state index contributed by atoms with van der Waals surface area (Å²) in [6.45, 7) is 22.5. The molecule has 1 saturated heterocycles. The third kappa shape index (κ3) is 21.0. The largest absolute Gasteiger partial charge is 0.444 e. The summed E-state index contributed by atoms with van der Waals surface area (Å²) in [4.78, 5) is 36.4. The van der Waals surface area contributed by atoms with Crippen molar-refractivity contribution in [3.63, 3.8) is 0 Å². The van der Waals surface area contributed by atoms with Crippen molar-refractivity contribution in [3.05, 3.63) is 84.1 Å². The van der Waals surface area contributed by atoms with E-state index >= 15 is 0 Å². The number of anilines is 1. The van der Waals surface area contributed by atoms with E-state index in [1.165, 1.54) is 21.7 Å². The fourth-order valence-corrected chi connectivity index (χ4v) is 4.60. The number of aryl methyl sites for hydroxylation is 2. The highest BCUT2D eigenvalue weighted by Crippen LogP contribution is 2.25. The molecule has 53 heavy (non-hydrogen) atoms. The number of ether oxygens (including phenoxy) is 1. The first-order valence-electron chi connectivity index (χ1n) is 18.6. The smallest absolute Gasteiger partial charge is 0.410 e. The molecule has 2 aliphatic rings. The summed E-state index contributed by atoms with van der Waals surface area (Å²) in [5.74, 6) is 11.0. The Morgan fingerprint density at radius 1 is 0.887 bits per heavy atom. The Balaban J connectivity index is 0. The lowest BCUT2D eigenvalue weighted by Crippen LogP contribution is -2.41. The maximum absolute atomic E-state index is 11.5. The number of amides is 1. The van der Waals surface area contributed by atoms with E-state index in [1.807, 2.05) is 118 Å². The van der Waals surface area contributed by atoms with Crippen molar-refractivity contribution in [2.24, 2.45) is 18.7 Å². The second kappa shape index (κ2) is 30.1. The Hall–Kier alpha value is -4.43. The molecule has 1 amide bonds. The number of ketones is 1. The number of aromatic nitrogens is 4. The van der Waals surface area contributed by atoms with Crippen LogP contribution in [0.3, 0.4) is 0 Å². The predicted molar refractivity (Wildman–Crippen MR) is 221 cm³/mol. The van der Waals surface area contributed by atoms with Crippen LogP contribution in [-0.2, 0) is 29.5 Å². The number of fused-ring (bicyclic) bond motifs is 3. The number of carbonyl (C=O) groups excluding carboxylic acids is 2. The van der Waals surface area contributed by atoms with Gasteiger partial charge in [0.1, 0.15) is 22.8 Å². The quantitative estimate of drug-likeness (QED) is 0.120. The van der Waals surface area contributed by atoms with Gasteiger partial charge in [0.05, 0.1) is 0 Å². The second-order valence-electron chi connectivity index (χ2n) is 11.9. The number of nitrogens with two attached hydrogens (primary N) is 2. The van der Waals surface area contributed by atoms with Crippen LogP contribution in [0.5, 0.6) is 0 Å². The Morgan fingerprint density at radius 3 is 1.87 bits per heavy atom. The van der Waals surface area contributed by atoms with Crippen molar-refractivity contribution >= 4 is 28.7 Å². The molecule has 6 heterocycles. The minimum atomic E-state index is -0.460. The number of nitrogens with zero attached hydrogens (tertiary/aromatic N) is 6. The van der Waals surface area contributed by atoms with Crippen LogP contribution < -0.4 is 27.4 Å². The third-order valence-electron chi connectivity index (χ3n) is 6.82. The van der Waals surface area contributed by atoms with Crippen molar-refractivity contribution < 1.29 is 14.3 Å². The highest BCUT2D eigenvalue weighted by Gasteiger charge is 2.25. The number of Topliss-reactive ketones (excluding diaryl/α,β-unsaturated/α-hetero) is 1. The lowest BCUT2D eigenvalue weighted by atomic mass is 10.1. The first-order chi connectivity index (χ1) is 25.4. The Morgan fingerprint density at radius 2 is 1.43 bits per heavy atom. The fourth-order valence-electron chi connectivity index (χ4n) is 4.60. The van der Waals surface area contributed by atoms with Crippen LogP contribution in [0.4, 0.5) is 10.6 Å². The summed E-state index contributed by atoms with van der Waals surface area (Å²) in [6.07, 6.45) is 7.07. The van der Waals surface area contributed by atoms with Crippen LogP contribution in [0, 0.1) is 6.92 Å². The van der Waals surface area contributed by atoms with Crippen LogP contribution in [-0.4, -0.2) is 75.6 Å². The Kier molecular flexibility index (Phi) is 28.8. The molecule has 1 fully saturated rings. The molecular weight excluding hydrogens is 669 g/mol. The van der Waals surface area contributed by atoms with Gasteiger partial charge in [0.15, 0.2) is 0 Å². The molecule has 298 valence electrons. The summed E-state index contributed by atoms with van der Waals surface area (Å²) in [6, 6.07) is 15.6. The van der Waals surface area contributed by atoms with Gasteiger partial charge in [0, 0.05) is 94.9 Å². The molecule has 13 nitrogen and oxygen atoms in total. The van der Waals surface area contributed by atoms with Crippen LogP contribution >= 0.6 is 0 Å². The molecule has 0 bridgehead atoms. The molecule has 0 atom stereocenters. The van der Waals surface area contributed by atoms with Gasteiger partial charge in [-0.1, -0.05) is 53.7 Å². The van der Waals surface area contributed by atoms with Crippen LogP contribution in [0.1, 0.15) is 92.1 Å². The van der Waals surface area contributed by atoms with Gasteiger partial charge in [-0.3, -0.25) is 26.1 Å². The van der Waals surface area contributed by atoms with E-state index in [-0.39, 0.29) is 11.9 Å². The van der Waals surface area contributed by atoms with Crippen LogP contribution in [0.2, 0.25) is 0 Å². The molecule has 4 aromatic rings. The Bertz CT molecular complexity index is 1480. The fraction of sp³-hybridized carbons (Fsp3) is 0.525. The average molecular weight is 739 g/mol. The molecule has 0 spiro atoms. The van der Waals surface area contributed by atoms with Crippen molar-refractivity contribution in [1.82, 2.24) is 35.2 Å². The van der Waals surface area contributed by atoms with Crippen LogP contribution in [0.25, 0.3) is 11.0 Å². The highest BCUT2D eigenvalue weighted by molar-refractivity contribution is 5.82. The van der Waals surface area contributed by atoms with Gasteiger partial charge >= 0.3 is 6.09 Å². The zero-order chi connectivity index (χ0) is 40.8. The summed E-state index contributed by atoms with van der Waals surface area (Å²) in [5.41, 5.74) is 6.85. The normalized spacial score (nSPS) is 12.4. The zero-order valence-corrected chi connectivity index (χ0v) is 34.9. The summed E-state index contributed by atoms with van der Waals surface area (Å²) in [5, 5.41) is 6.18. The summed E-state index contributed by atoms with van der Waals surface area (Å²) >= 11 is 0. The van der Waals surface area contributed by atoms with Gasteiger partial charge in [-0.05, 0) is 76.7 Å². The molecular formula is C40H70N10O3. The maximum atomic E-state index is 11.5. The van der Waals surface area contributed by atoms with Gasteiger partial charge in [-0.2, -0.15) is 0 Å². The molecule has 4 aromatic heterocycles. The predicted octanol–water partition coefficient (Wildman–Crippen LogP) is 6.75. The first kappa shape index (κ1) is 50.7. The number of nitrogens with one attached hydrogen (secondary N) is 2. The topological polar surface area (TPSA) is 170 Å². The number of hydrogen-bond acceptors (Lipinski definition) is 11. The minimum absolute atomic E-state index is 0.227. The average Bonchev–Trinajstić information content (AvgIpc) is 3.47. The number of pyridine rings is 3. The summed E-state index contributed by atoms with van der Waals surface area (Å²) in [7, 11) is 5.52. The number of likely N-dealkylation sites (tertiary alicyclic amines) is 1. The monoisotopic (exact) mass is 739 g/mol. The molecule has 6 rings (SSSR count). The zero-order valence-electron chi connectivity index (χ0n) is 34.9. The van der Waals surface area contributed by atoms with E-state index in [1.54, 1.807) is 31.4 Å². The number of piperidine rings is 1. The molecule has 0 radical (unpaired) electrons. The van der Waals surface area contributed by atoms with E-state index in [4.69, 9.17) is 10.6 Å². The van der Waals surface area contributed by atoms with E-state index < -0.39 is 5.60 Å². The van der Waals surface area contributed by atoms with Crippen molar-refractivity contribution in [2.75, 3.05) is 38.7 Å².